The minimum absolute atomic E-state index is 0.0552. The van der Waals surface area contributed by atoms with Gasteiger partial charge in [0, 0.05) is 24.9 Å². The van der Waals surface area contributed by atoms with Crippen LogP contribution in [0.15, 0.2) is 54.6 Å². The minimum Gasteiger partial charge on any atom is -0.369 e. The summed E-state index contributed by atoms with van der Waals surface area (Å²) in [4.78, 5) is 41.0. The minimum atomic E-state index is -0.581. The van der Waals surface area contributed by atoms with E-state index in [2.05, 4.69) is 29.6 Å². The van der Waals surface area contributed by atoms with Gasteiger partial charge in [-0.1, -0.05) is 75.7 Å². The Morgan fingerprint density at radius 2 is 1.75 bits per heavy atom. The summed E-state index contributed by atoms with van der Waals surface area (Å²) in [5, 5.41) is 3.02. The van der Waals surface area contributed by atoms with Crippen LogP contribution in [0.4, 0.5) is 0 Å². The van der Waals surface area contributed by atoms with Gasteiger partial charge in [0.15, 0.2) is 0 Å². The van der Waals surface area contributed by atoms with Crippen LogP contribution < -0.4 is 11.1 Å². The number of hydrogen-bond acceptors (Lipinski definition) is 3. The number of carbonyl (C=O) groups excluding carboxylic acids is 3. The van der Waals surface area contributed by atoms with E-state index in [1.54, 1.807) is 0 Å². The number of nitrogens with one attached hydrogen (secondary N) is 1. The van der Waals surface area contributed by atoms with Crippen LogP contribution in [0.25, 0.3) is 11.1 Å². The molecule has 0 aromatic heterocycles. The van der Waals surface area contributed by atoms with Crippen molar-refractivity contribution in [2.45, 2.75) is 71.9 Å². The van der Waals surface area contributed by atoms with Crippen molar-refractivity contribution in [1.29, 1.82) is 0 Å². The molecule has 3 N–H and O–H groups in total. The van der Waals surface area contributed by atoms with E-state index in [0.717, 1.165) is 36.0 Å². The highest BCUT2D eigenvalue weighted by atomic mass is 16.2. The van der Waals surface area contributed by atoms with Crippen LogP contribution in [-0.4, -0.2) is 35.2 Å². The molecule has 3 rings (SSSR count). The van der Waals surface area contributed by atoms with E-state index < -0.39 is 23.8 Å². The molecule has 1 aliphatic heterocycles. The van der Waals surface area contributed by atoms with E-state index >= 15 is 0 Å². The van der Waals surface area contributed by atoms with Crippen LogP contribution in [0.3, 0.4) is 0 Å². The summed E-state index contributed by atoms with van der Waals surface area (Å²) in [5.74, 6) is -1.53. The third-order valence-electron chi connectivity index (χ3n) is 7.02. The monoisotopic (exact) mass is 491 g/mol. The SMILES string of the molecule is CCC[C@H](C(N)=O)[C@@H](CC(C)C)C(=O)N[C@H]1CCCCN(Cc2cccc(-c3ccccc3)c2)C1=O. The van der Waals surface area contributed by atoms with Gasteiger partial charge in [-0.25, -0.2) is 0 Å². The van der Waals surface area contributed by atoms with E-state index in [-0.39, 0.29) is 17.7 Å². The molecule has 3 atom stereocenters. The number of primary amides is 1. The fraction of sp³-hybridized carbons (Fsp3) is 0.500. The zero-order valence-electron chi connectivity index (χ0n) is 21.9. The zero-order chi connectivity index (χ0) is 26.1. The van der Waals surface area contributed by atoms with Crippen molar-refractivity contribution >= 4 is 17.7 Å². The summed E-state index contributed by atoms with van der Waals surface area (Å²) in [7, 11) is 0. The average Bonchev–Trinajstić information content (AvgIpc) is 3.03. The van der Waals surface area contributed by atoms with Gasteiger partial charge in [0.05, 0.1) is 0 Å². The van der Waals surface area contributed by atoms with Gasteiger partial charge >= 0.3 is 0 Å². The first-order chi connectivity index (χ1) is 17.3. The molecule has 0 aliphatic carbocycles. The summed E-state index contributed by atoms with van der Waals surface area (Å²) >= 11 is 0. The fourth-order valence-corrected chi connectivity index (χ4v) is 5.19. The van der Waals surface area contributed by atoms with Crippen LogP contribution in [0.5, 0.6) is 0 Å². The molecule has 0 radical (unpaired) electrons. The molecule has 1 saturated heterocycles. The maximum atomic E-state index is 13.5. The van der Waals surface area contributed by atoms with Crippen LogP contribution in [0.1, 0.15) is 64.9 Å². The molecule has 0 bridgehead atoms. The maximum absolute atomic E-state index is 13.5. The Hall–Kier alpha value is -3.15. The second kappa shape index (κ2) is 13.2. The van der Waals surface area contributed by atoms with Gasteiger partial charge in [-0.2, -0.15) is 0 Å². The van der Waals surface area contributed by atoms with Crippen LogP contribution in [-0.2, 0) is 20.9 Å². The number of rotatable bonds is 11. The highest BCUT2D eigenvalue weighted by Crippen LogP contribution is 2.26. The van der Waals surface area contributed by atoms with E-state index in [4.69, 9.17) is 5.73 Å². The number of hydrogen-bond donors (Lipinski definition) is 2. The lowest BCUT2D eigenvalue weighted by Crippen LogP contribution is -2.50. The molecule has 0 spiro atoms. The molecule has 0 saturated carbocycles. The normalized spacial score (nSPS) is 17.9. The molecule has 0 unspecified atom stereocenters. The number of carbonyl (C=O) groups is 3. The van der Waals surface area contributed by atoms with Crippen molar-refractivity contribution in [2.75, 3.05) is 6.54 Å². The zero-order valence-corrected chi connectivity index (χ0v) is 21.9. The molecular weight excluding hydrogens is 450 g/mol. The largest absolute Gasteiger partial charge is 0.369 e. The Morgan fingerprint density at radius 3 is 2.42 bits per heavy atom. The molecular formula is C30H41N3O3. The molecule has 1 aliphatic rings. The van der Waals surface area contributed by atoms with Gasteiger partial charge < -0.3 is 16.0 Å². The maximum Gasteiger partial charge on any atom is 0.245 e. The Morgan fingerprint density at radius 1 is 1.03 bits per heavy atom. The molecule has 6 nitrogen and oxygen atoms in total. The predicted octanol–water partition coefficient (Wildman–Crippen LogP) is 4.91. The van der Waals surface area contributed by atoms with E-state index in [9.17, 15) is 14.4 Å². The number of amides is 3. The molecule has 2 aromatic carbocycles. The predicted molar refractivity (Wildman–Crippen MR) is 144 cm³/mol. The first-order valence-corrected chi connectivity index (χ1v) is 13.3. The molecule has 2 aromatic rings. The van der Waals surface area contributed by atoms with Gasteiger partial charge in [0.25, 0.3) is 0 Å². The topological polar surface area (TPSA) is 92.5 Å². The lowest BCUT2D eigenvalue weighted by molar-refractivity contribution is -0.139. The molecule has 3 amide bonds. The summed E-state index contributed by atoms with van der Waals surface area (Å²) in [6, 6.07) is 17.9. The van der Waals surface area contributed by atoms with Crippen LogP contribution in [0, 0.1) is 17.8 Å². The first-order valence-electron chi connectivity index (χ1n) is 13.3. The second-order valence-corrected chi connectivity index (χ2v) is 10.4. The van der Waals surface area contributed by atoms with Crippen molar-refractivity contribution < 1.29 is 14.4 Å². The van der Waals surface area contributed by atoms with Gasteiger partial charge in [-0.3, -0.25) is 14.4 Å². The Labute approximate surface area is 215 Å². The first kappa shape index (κ1) is 27.4. The van der Waals surface area contributed by atoms with Crippen LogP contribution in [0.2, 0.25) is 0 Å². The van der Waals surface area contributed by atoms with Crippen molar-refractivity contribution in [3.63, 3.8) is 0 Å². The summed E-state index contributed by atoms with van der Waals surface area (Å²) in [6.45, 7) is 7.22. The van der Waals surface area contributed by atoms with Gasteiger partial charge in [0.2, 0.25) is 17.7 Å². The lowest BCUT2D eigenvalue weighted by atomic mass is 9.81. The van der Waals surface area contributed by atoms with E-state index in [0.29, 0.717) is 32.4 Å². The summed E-state index contributed by atoms with van der Waals surface area (Å²) in [6.07, 6.45) is 4.27. The number of nitrogens with zero attached hydrogens (tertiary/aromatic N) is 1. The van der Waals surface area contributed by atoms with E-state index in [1.165, 1.54) is 0 Å². The standard InChI is InChI=1S/C30H41N3O3/c1-4-11-25(28(31)34)26(18-21(2)3)29(35)32-27-16-8-9-17-33(30(27)36)20-22-12-10-15-24(19-22)23-13-6-5-7-14-23/h5-7,10,12-15,19,21,25-27H,4,8-9,11,16-18,20H2,1-3H3,(H2,31,34)(H,32,35)/t25-,26+,27-/m0/s1. The average molecular weight is 492 g/mol. The Bertz CT molecular complexity index is 1020. The molecule has 194 valence electrons. The van der Waals surface area contributed by atoms with Gasteiger partial charge in [-0.15, -0.1) is 0 Å². The molecule has 1 heterocycles. The fourth-order valence-electron chi connectivity index (χ4n) is 5.19. The van der Waals surface area contributed by atoms with Crippen LogP contribution >= 0.6 is 0 Å². The highest BCUT2D eigenvalue weighted by molar-refractivity contribution is 5.91. The lowest BCUT2D eigenvalue weighted by Gasteiger charge is -2.29. The molecule has 1 fully saturated rings. The number of nitrogens with two attached hydrogens (primary N) is 1. The summed E-state index contributed by atoms with van der Waals surface area (Å²) < 4.78 is 0. The molecule has 6 heteroatoms. The second-order valence-electron chi connectivity index (χ2n) is 10.4. The smallest absolute Gasteiger partial charge is 0.245 e. The van der Waals surface area contributed by atoms with E-state index in [1.807, 2.05) is 56.0 Å². The quantitative estimate of drug-likeness (QED) is 0.468. The number of benzene rings is 2. The van der Waals surface area contributed by atoms with Crippen molar-refractivity contribution in [2.24, 2.45) is 23.5 Å². The Balaban J connectivity index is 1.74. The van der Waals surface area contributed by atoms with Crippen molar-refractivity contribution in [3.8, 4) is 11.1 Å². The Kier molecular flexibility index (Phi) is 10.1. The molecule has 36 heavy (non-hydrogen) atoms. The van der Waals surface area contributed by atoms with Gasteiger partial charge in [0.1, 0.15) is 6.04 Å². The van der Waals surface area contributed by atoms with Gasteiger partial charge in [-0.05, 0) is 60.8 Å². The van der Waals surface area contributed by atoms with Crippen molar-refractivity contribution in [1.82, 2.24) is 10.2 Å². The van der Waals surface area contributed by atoms with Crippen molar-refractivity contribution in [3.05, 3.63) is 60.2 Å². The third kappa shape index (κ3) is 7.42. The third-order valence-corrected chi connectivity index (χ3v) is 7.02. The number of likely N-dealkylation sites (tertiary alicyclic amines) is 1. The summed E-state index contributed by atoms with van der Waals surface area (Å²) in [5.41, 5.74) is 9.01. The highest BCUT2D eigenvalue weighted by Gasteiger charge is 2.35.